The molecule has 2 heterocycles. The van der Waals surface area contributed by atoms with Gasteiger partial charge < -0.3 is 19.7 Å². The normalized spacial score (nSPS) is 17.8. The monoisotopic (exact) mass is 467 g/mol. The zero-order valence-electron chi connectivity index (χ0n) is 14.7. The first-order chi connectivity index (χ1) is 11.2. The Morgan fingerprint density at radius 1 is 1.46 bits per heavy atom. The van der Waals surface area contributed by atoms with Crippen LogP contribution in [0, 0.1) is 2.88 Å². The largest absolute Gasteiger partial charge is 0.444 e. The van der Waals surface area contributed by atoms with E-state index in [0.717, 1.165) is 30.9 Å². The molecule has 0 spiro atoms. The molecule has 136 valence electrons. The van der Waals surface area contributed by atoms with Crippen LogP contribution in [0.2, 0.25) is 0 Å². The number of nitrogens with zero attached hydrogens (tertiary/aromatic N) is 2. The second-order valence-corrected chi connectivity index (χ2v) is 10.0. The predicted octanol–water partition coefficient (Wildman–Crippen LogP) is 3.25. The van der Waals surface area contributed by atoms with Crippen molar-refractivity contribution in [3.63, 3.8) is 0 Å². The maximum absolute atomic E-state index is 12.2. The number of carbonyl (C=O) groups is 1. The van der Waals surface area contributed by atoms with Crippen molar-refractivity contribution in [2.75, 3.05) is 26.7 Å². The molecule has 0 atom stereocenters. The molecule has 0 unspecified atom stereocenters. The van der Waals surface area contributed by atoms with E-state index in [9.17, 15) is 4.79 Å². The van der Waals surface area contributed by atoms with E-state index in [1.165, 1.54) is 2.88 Å². The van der Waals surface area contributed by atoms with Gasteiger partial charge in [-0.25, -0.2) is 9.78 Å². The standard InChI is InChI=1S/C16H26IN3O3S/c1-15(2,3)23-14(21)20-7-5-16(22-4,6-8-20)11-18-10-13-19-9-12(17)24-13/h9,18H,5-8,10-11H2,1-4H3. The first-order valence-electron chi connectivity index (χ1n) is 8.07. The number of methoxy groups -OCH3 is 1. The number of hydrogen-bond donors (Lipinski definition) is 1. The van der Waals surface area contributed by atoms with Crippen LogP contribution in [0.15, 0.2) is 6.20 Å². The summed E-state index contributed by atoms with van der Waals surface area (Å²) < 4.78 is 12.4. The van der Waals surface area contributed by atoms with Gasteiger partial charge in [-0.1, -0.05) is 0 Å². The second kappa shape index (κ2) is 8.29. The summed E-state index contributed by atoms with van der Waals surface area (Å²) in [6.45, 7) is 8.46. The molecule has 0 bridgehead atoms. The number of hydrogen-bond acceptors (Lipinski definition) is 6. The molecule has 1 aliphatic rings. The zero-order valence-corrected chi connectivity index (χ0v) is 17.7. The van der Waals surface area contributed by atoms with Crippen LogP contribution >= 0.6 is 33.9 Å². The molecule has 0 aromatic carbocycles. The van der Waals surface area contributed by atoms with Gasteiger partial charge >= 0.3 is 6.09 Å². The van der Waals surface area contributed by atoms with E-state index in [2.05, 4.69) is 32.9 Å². The molecule has 0 radical (unpaired) electrons. The topological polar surface area (TPSA) is 63.7 Å². The van der Waals surface area contributed by atoms with Gasteiger partial charge in [-0.3, -0.25) is 0 Å². The first-order valence-corrected chi connectivity index (χ1v) is 9.97. The Morgan fingerprint density at radius 2 is 2.12 bits per heavy atom. The average Bonchev–Trinajstić information content (AvgIpc) is 2.91. The van der Waals surface area contributed by atoms with Gasteiger partial charge in [-0.15, -0.1) is 11.3 Å². The number of ether oxygens (including phenoxy) is 2. The van der Waals surface area contributed by atoms with Crippen LogP contribution in [0.4, 0.5) is 4.79 Å². The third kappa shape index (κ3) is 5.82. The maximum Gasteiger partial charge on any atom is 0.410 e. The van der Waals surface area contributed by atoms with Crippen molar-refractivity contribution in [3.05, 3.63) is 14.1 Å². The van der Waals surface area contributed by atoms with Gasteiger partial charge in [0, 0.05) is 33.3 Å². The fourth-order valence-corrected chi connectivity index (χ4v) is 4.16. The minimum Gasteiger partial charge on any atom is -0.444 e. The van der Waals surface area contributed by atoms with Gasteiger partial charge in [0.15, 0.2) is 0 Å². The summed E-state index contributed by atoms with van der Waals surface area (Å²) in [5.41, 5.74) is -0.692. The van der Waals surface area contributed by atoms with Crippen molar-refractivity contribution in [1.82, 2.24) is 15.2 Å². The molecule has 1 aromatic heterocycles. The zero-order chi connectivity index (χ0) is 17.8. The molecule has 1 fully saturated rings. The number of piperidine rings is 1. The van der Waals surface area contributed by atoms with E-state index in [-0.39, 0.29) is 11.7 Å². The third-order valence-electron chi connectivity index (χ3n) is 4.01. The van der Waals surface area contributed by atoms with E-state index in [0.29, 0.717) is 13.1 Å². The number of halogens is 1. The second-order valence-electron chi connectivity index (χ2n) is 7.02. The molecule has 2 rings (SSSR count). The molecule has 0 saturated carbocycles. The Balaban J connectivity index is 1.81. The summed E-state index contributed by atoms with van der Waals surface area (Å²) in [5, 5.41) is 4.52. The summed E-state index contributed by atoms with van der Waals surface area (Å²) in [4.78, 5) is 18.3. The number of likely N-dealkylation sites (tertiary alicyclic amines) is 1. The number of aromatic nitrogens is 1. The lowest BCUT2D eigenvalue weighted by molar-refractivity contribution is -0.0588. The number of rotatable bonds is 5. The highest BCUT2D eigenvalue weighted by molar-refractivity contribution is 14.1. The van der Waals surface area contributed by atoms with E-state index in [4.69, 9.17) is 9.47 Å². The molecule has 8 heteroatoms. The fourth-order valence-electron chi connectivity index (χ4n) is 2.64. The van der Waals surface area contributed by atoms with Gasteiger partial charge in [0.05, 0.1) is 14.7 Å². The predicted molar refractivity (Wildman–Crippen MR) is 103 cm³/mol. The van der Waals surface area contributed by atoms with Crippen LogP contribution in [-0.4, -0.2) is 53.9 Å². The van der Waals surface area contributed by atoms with Crippen molar-refractivity contribution in [2.45, 2.75) is 51.4 Å². The summed E-state index contributed by atoms with van der Waals surface area (Å²) in [5.74, 6) is 0. The Kier molecular flexibility index (Phi) is 6.86. The van der Waals surface area contributed by atoms with E-state index < -0.39 is 5.60 Å². The lowest BCUT2D eigenvalue weighted by Crippen LogP contribution is -2.53. The SMILES string of the molecule is COC1(CNCc2ncc(I)s2)CCN(C(=O)OC(C)(C)C)CC1. The molecule has 24 heavy (non-hydrogen) atoms. The minimum atomic E-state index is -0.459. The molecule has 1 aromatic rings. The summed E-state index contributed by atoms with van der Waals surface area (Å²) in [6.07, 6.45) is 3.24. The van der Waals surface area contributed by atoms with Crippen molar-refractivity contribution in [1.29, 1.82) is 0 Å². The third-order valence-corrected chi connectivity index (χ3v) is 5.73. The molecular weight excluding hydrogens is 441 g/mol. The molecule has 1 amide bonds. The van der Waals surface area contributed by atoms with Crippen molar-refractivity contribution >= 4 is 40.0 Å². The van der Waals surface area contributed by atoms with Gasteiger partial charge in [-0.05, 0) is 56.2 Å². The molecular formula is C16H26IN3O3S. The highest BCUT2D eigenvalue weighted by Crippen LogP contribution is 2.26. The van der Waals surface area contributed by atoms with Gasteiger partial charge in [-0.2, -0.15) is 0 Å². The van der Waals surface area contributed by atoms with Crippen LogP contribution in [0.1, 0.15) is 38.6 Å². The number of amides is 1. The summed E-state index contributed by atoms with van der Waals surface area (Å²) >= 11 is 3.97. The van der Waals surface area contributed by atoms with E-state index in [1.54, 1.807) is 23.3 Å². The lowest BCUT2D eigenvalue weighted by atomic mass is 9.91. The van der Waals surface area contributed by atoms with Crippen LogP contribution < -0.4 is 5.32 Å². The van der Waals surface area contributed by atoms with Crippen LogP contribution in [0.25, 0.3) is 0 Å². The summed E-state index contributed by atoms with van der Waals surface area (Å²) in [7, 11) is 1.75. The van der Waals surface area contributed by atoms with Crippen molar-refractivity contribution < 1.29 is 14.3 Å². The number of nitrogens with one attached hydrogen (secondary N) is 1. The van der Waals surface area contributed by atoms with Gasteiger partial charge in [0.2, 0.25) is 0 Å². The number of thiazole rings is 1. The Morgan fingerprint density at radius 3 is 2.62 bits per heavy atom. The average molecular weight is 467 g/mol. The van der Waals surface area contributed by atoms with Crippen molar-refractivity contribution in [2.24, 2.45) is 0 Å². The number of carbonyl (C=O) groups excluding carboxylic acids is 1. The van der Waals surface area contributed by atoms with Crippen molar-refractivity contribution in [3.8, 4) is 0 Å². The molecule has 1 N–H and O–H groups in total. The van der Waals surface area contributed by atoms with Crippen LogP contribution in [0.3, 0.4) is 0 Å². The van der Waals surface area contributed by atoms with E-state index in [1.807, 2.05) is 27.0 Å². The van der Waals surface area contributed by atoms with Crippen LogP contribution in [-0.2, 0) is 16.0 Å². The molecule has 0 aliphatic carbocycles. The lowest BCUT2D eigenvalue weighted by Gasteiger charge is -2.41. The highest BCUT2D eigenvalue weighted by atomic mass is 127. The minimum absolute atomic E-state index is 0.233. The Labute approximate surface area is 161 Å². The highest BCUT2D eigenvalue weighted by Gasteiger charge is 2.37. The first kappa shape index (κ1) is 19.9. The Bertz CT molecular complexity index is 551. The fraction of sp³-hybridized carbons (Fsp3) is 0.750. The van der Waals surface area contributed by atoms with E-state index >= 15 is 0 Å². The smallest absolute Gasteiger partial charge is 0.410 e. The molecule has 6 nitrogen and oxygen atoms in total. The molecule has 1 saturated heterocycles. The molecule has 1 aliphatic heterocycles. The van der Waals surface area contributed by atoms with Gasteiger partial charge in [0.25, 0.3) is 0 Å². The summed E-state index contributed by atoms with van der Waals surface area (Å²) in [6, 6.07) is 0. The Hall–Kier alpha value is -0.450. The van der Waals surface area contributed by atoms with Crippen LogP contribution in [0.5, 0.6) is 0 Å². The maximum atomic E-state index is 12.2. The quantitative estimate of drug-likeness (QED) is 0.674. The van der Waals surface area contributed by atoms with Gasteiger partial charge in [0.1, 0.15) is 10.6 Å².